The maximum absolute atomic E-state index is 13.0. The number of nitrogens with one attached hydrogen (secondary N) is 1. The van der Waals surface area contributed by atoms with Gasteiger partial charge in [0.2, 0.25) is 5.91 Å². The first-order valence-electron chi connectivity index (χ1n) is 12.6. The van der Waals surface area contributed by atoms with E-state index in [9.17, 15) is 14.7 Å². The molecule has 0 spiro atoms. The lowest BCUT2D eigenvalue weighted by Gasteiger charge is -2.50. The number of morpholine rings is 1. The van der Waals surface area contributed by atoms with Crippen molar-refractivity contribution in [1.29, 1.82) is 0 Å². The summed E-state index contributed by atoms with van der Waals surface area (Å²) < 4.78 is 7.61. The molecular formula is C30H30N4O4. The Hall–Kier alpha value is -4.11. The molecule has 0 aliphatic carbocycles. The van der Waals surface area contributed by atoms with Crippen LogP contribution in [0.4, 0.5) is 5.82 Å². The van der Waals surface area contributed by atoms with Crippen LogP contribution in [0, 0.1) is 0 Å². The number of nitrogens with zero attached hydrogens (tertiary/aromatic N) is 3. The van der Waals surface area contributed by atoms with Crippen LogP contribution in [0.5, 0.6) is 0 Å². The second kappa shape index (κ2) is 11.1. The van der Waals surface area contributed by atoms with Gasteiger partial charge in [-0.2, -0.15) is 4.98 Å². The zero-order valence-electron chi connectivity index (χ0n) is 21.1. The zero-order valence-corrected chi connectivity index (χ0v) is 21.1. The second-order valence-corrected chi connectivity index (χ2v) is 9.29. The quantitative estimate of drug-likeness (QED) is 0.370. The minimum absolute atomic E-state index is 0.178. The predicted octanol–water partition coefficient (Wildman–Crippen LogP) is 3.39. The van der Waals surface area contributed by atoms with Gasteiger partial charge in [-0.05, 0) is 22.8 Å². The van der Waals surface area contributed by atoms with Crippen molar-refractivity contribution < 1.29 is 14.6 Å². The van der Waals surface area contributed by atoms with E-state index < -0.39 is 23.6 Å². The van der Waals surface area contributed by atoms with E-state index in [4.69, 9.17) is 4.74 Å². The molecular weight excluding hydrogens is 480 g/mol. The number of carbonyl (C=O) groups is 1. The van der Waals surface area contributed by atoms with Crippen LogP contribution < -0.4 is 11.0 Å². The second-order valence-electron chi connectivity index (χ2n) is 9.29. The summed E-state index contributed by atoms with van der Waals surface area (Å²) in [5, 5.41) is 12.8. The number of rotatable bonds is 7. The van der Waals surface area contributed by atoms with Gasteiger partial charge < -0.3 is 15.2 Å². The van der Waals surface area contributed by atoms with Gasteiger partial charge in [-0.3, -0.25) is 14.3 Å². The molecule has 1 amide bonds. The van der Waals surface area contributed by atoms with E-state index in [2.05, 4.69) is 51.6 Å². The van der Waals surface area contributed by atoms with Gasteiger partial charge in [0.1, 0.15) is 5.82 Å². The van der Waals surface area contributed by atoms with Crippen molar-refractivity contribution in [2.75, 3.05) is 25.0 Å². The molecule has 1 aromatic heterocycles. The van der Waals surface area contributed by atoms with Crippen LogP contribution in [-0.4, -0.2) is 51.3 Å². The summed E-state index contributed by atoms with van der Waals surface area (Å²) in [7, 11) is 0. The van der Waals surface area contributed by atoms with Crippen LogP contribution in [0.25, 0.3) is 0 Å². The number of hydrogen-bond donors (Lipinski definition) is 2. The first-order valence-corrected chi connectivity index (χ1v) is 12.6. The van der Waals surface area contributed by atoms with Crippen molar-refractivity contribution in [3.05, 3.63) is 130 Å². The SMILES string of the molecule is CC(=O)Nc1ccn([C@H]2CN(C(c3ccccc3)(c3ccccc3)c3ccccc3)C[C@@H](CO)O2)c(=O)n1. The number of benzene rings is 3. The lowest BCUT2D eigenvalue weighted by molar-refractivity contribution is -0.150. The molecule has 2 N–H and O–H groups in total. The van der Waals surface area contributed by atoms with Crippen molar-refractivity contribution in [2.24, 2.45) is 0 Å². The van der Waals surface area contributed by atoms with E-state index in [-0.39, 0.29) is 18.3 Å². The molecule has 2 heterocycles. The number of anilines is 1. The first kappa shape index (κ1) is 25.5. The maximum Gasteiger partial charge on any atom is 0.351 e. The number of aromatic nitrogens is 2. The topological polar surface area (TPSA) is 96.7 Å². The Balaban J connectivity index is 1.67. The van der Waals surface area contributed by atoms with Crippen molar-refractivity contribution in [3.8, 4) is 0 Å². The van der Waals surface area contributed by atoms with Crippen LogP contribution >= 0.6 is 0 Å². The molecule has 3 aromatic carbocycles. The van der Waals surface area contributed by atoms with Crippen molar-refractivity contribution in [2.45, 2.75) is 24.8 Å². The minimum Gasteiger partial charge on any atom is -0.394 e. The first-order chi connectivity index (χ1) is 18.5. The summed E-state index contributed by atoms with van der Waals surface area (Å²) in [4.78, 5) is 30.7. The Morgan fingerprint density at radius 2 is 1.45 bits per heavy atom. The fourth-order valence-electron chi connectivity index (χ4n) is 5.31. The predicted molar refractivity (Wildman–Crippen MR) is 145 cm³/mol. The van der Waals surface area contributed by atoms with Crippen molar-refractivity contribution >= 4 is 11.7 Å². The van der Waals surface area contributed by atoms with E-state index in [1.54, 1.807) is 12.3 Å². The molecule has 0 saturated carbocycles. The highest BCUT2D eigenvalue weighted by atomic mass is 16.5. The Bertz CT molecular complexity index is 1330. The highest BCUT2D eigenvalue weighted by Crippen LogP contribution is 2.44. The number of aliphatic hydroxyl groups is 1. The molecule has 38 heavy (non-hydrogen) atoms. The van der Waals surface area contributed by atoms with Gasteiger partial charge in [-0.1, -0.05) is 91.0 Å². The summed E-state index contributed by atoms with van der Waals surface area (Å²) in [5.41, 5.74) is 1.89. The molecule has 8 nitrogen and oxygen atoms in total. The summed E-state index contributed by atoms with van der Waals surface area (Å²) >= 11 is 0. The molecule has 5 rings (SSSR count). The van der Waals surface area contributed by atoms with Crippen molar-refractivity contribution in [1.82, 2.24) is 14.5 Å². The lowest BCUT2D eigenvalue weighted by atomic mass is 9.75. The Morgan fingerprint density at radius 3 is 1.89 bits per heavy atom. The highest BCUT2D eigenvalue weighted by molar-refractivity contribution is 5.87. The summed E-state index contributed by atoms with van der Waals surface area (Å²) in [6.45, 7) is 1.92. The molecule has 1 aliphatic heterocycles. The number of ether oxygens (including phenoxy) is 1. The molecule has 1 aliphatic rings. The molecule has 0 radical (unpaired) electrons. The van der Waals surface area contributed by atoms with Crippen LogP contribution in [0.2, 0.25) is 0 Å². The van der Waals surface area contributed by atoms with E-state index >= 15 is 0 Å². The molecule has 0 bridgehead atoms. The van der Waals surface area contributed by atoms with Crippen LogP contribution in [0.1, 0.15) is 29.8 Å². The molecule has 8 heteroatoms. The van der Waals surface area contributed by atoms with E-state index in [0.717, 1.165) is 16.7 Å². The van der Waals surface area contributed by atoms with Crippen LogP contribution in [-0.2, 0) is 15.1 Å². The molecule has 1 saturated heterocycles. The third-order valence-electron chi connectivity index (χ3n) is 6.85. The van der Waals surface area contributed by atoms with Gasteiger partial charge in [0.15, 0.2) is 6.23 Å². The van der Waals surface area contributed by atoms with Gasteiger partial charge in [0.05, 0.1) is 18.2 Å². The smallest absolute Gasteiger partial charge is 0.351 e. The molecule has 1 fully saturated rings. The van der Waals surface area contributed by atoms with Gasteiger partial charge in [0, 0.05) is 26.2 Å². The minimum atomic E-state index is -0.730. The monoisotopic (exact) mass is 510 g/mol. The Kier molecular flexibility index (Phi) is 7.46. The zero-order chi connectivity index (χ0) is 26.5. The fourth-order valence-corrected chi connectivity index (χ4v) is 5.31. The Labute approximate surface area is 221 Å². The van der Waals surface area contributed by atoms with Crippen molar-refractivity contribution in [3.63, 3.8) is 0 Å². The van der Waals surface area contributed by atoms with Crippen LogP contribution in [0.3, 0.4) is 0 Å². The van der Waals surface area contributed by atoms with Crippen LogP contribution in [0.15, 0.2) is 108 Å². The number of carbonyl (C=O) groups excluding carboxylic acids is 1. The number of aliphatic hydroxyl groups excluding tert-OH is 1. The lowest BCUT2D eigenvalue weighted by Crippen LogP contribution is -2.58. The van der Waals surface area contributed by atoms with E-state index in [1.807, 2.05) is 54.6 Å². The largest absolute Gasteiger partial charge is 0.394 e. The maximum atomic E-state index is 13.0. The fraction of sp³-hybridized carbons (Fsp3) is 0.233. The number of amides is 1. The van der Waals surface area contributed by atoms with E-state index in [0.29, 0.717) is 13.1 Å². The summed E-state index contributed by atoms with van der Waals surface area (Å²) in [6.07, 6.45) is 0.298. The van der Waals surface area contributed by atoms with Gasteiger partial charge in [-0.25, -0.2) is 4.79 Å². The van der Waals surface area contributed by atoms with Gasteiger partial charge >= 0.3 is 5.69 Å². The average Bonchev–Trinajstić information content (AvgIpc) is 2.95. The van der Waals surface area contributed by atoms with Gasteiger partial charge in [0.25, 0.3) is 0 Å². The molecule has 194 valence electrons. The summed E-state index contributed by atoms with van der Waals surface area (Å²) in [6, 6.07) is 32.3. The third kappa shape index (κ3) is 4.89. The normalized spacial score (nSPS) is 18.2. The Morgan fingerprint density at radius 1 is 0.921 bits per heavy atom. The molecule has 0 unspecified atom stereocenters. The van der Waals surface area contributed by atoms with E-state index in [1.165, 1.54) is 11.5 Å². The van der Waals surface area contributed by atoms with Gasteiger partial charge in [-0.15, -0.1) is 0 Å². The standard InChI is InChI=1S/C30H30N4O4/c1-22(36)31-27-17-18-34(29(37)32-27)28-20-33(19-26(21-35)38-28)30(23-11-5-2-6-12-23,24-13-7-3-8-14-24)25-15-9-4-10-16-25/h2-18,26,28,35H,19-21H2,1H3,(H,31,32,36,37)/t26-,28+/m0/s1. The number of hydrogen-bond acceptors (Lipinski definition) is 6. The molecule has 4 aromatic rings. The highest BCUT2D eigenvalue weighted by Gasteiger charge is 2.46. The summed E-state index contributed by atoms with van der Waals surface area (Å²) in [5.74, 6) is -0.134. The molecule has 2 atom stereocenters. The third-order valence-corrected chi connectivity index (χ3v) is 6.85. The average molecular weight is 511 g/mol.